The van der Waals surface area contributed by atoms with Gasteiger partial charge in [-0.3, -0.25) is 9.59 Å². The predicted molar refractivity (Wildman–Crippen MR) is 136 cm³/mol. The molecule has 0 unspecified atom stereocenters. The number of hydrogen-bond acceptors (Lipinski definition) is 6. The molecule has 5 rings (SSSR count). The number of aromatic nitrogens is 1. The van der Waals surface area contributed by atoms with Gasteiger partial charge in [-0.1, -0.05) is 6.07 Å². The molecule has 3 aromatic rings. The molecular weight excluding hydrogens is 468 g/mol. The van der Waals surface area contributed by atoms with Gasteiger partial charge < -0.3 is 19.8 Å². The Balaban J connectivity index is 0.000000917. The number of anilines is 2. The second-order valence-corrected chi connectivity index (χ2v) is 10.6. The van der Waals surface area contributed by atoms with Crippen molar-refractivity contribution >= 4 is 44.7 Å². The van der Waals surface area contributed by atoms with Crippen LogP contribution in [0.2, 0.25) is 0 Å². The van der Waals surface area contributed by atoms with E-state index >= 15 is 0 Å². The lowest BCUT2D eigenvalue weighted by Gasteiger charge is -2.23. The van der Waals surface area contributed by atoms with Crippen LogP contribution in [0.15, 0.2) is 53.6 Å². The van der Waals surface area contributed by atoms with E-state index in [1.54, 1.807) is 29.3 Å². The van der Waals surface area contributed by atoms with Crippen LogP contribution in [0.4, 0.5) is 11.4 Å². The van der Waals surface area contributed by atoms with Crippen molar-refractivity contribution in [3.63, 3.8) is 0 Å². The number of hydrogen-bond donors (Lipinski definition) is 1. The summed E-state index contributed by atoms with van der Waals surface area (Å²) in [6, 6.07) is 13.0. The van der Waals surface area contributed by atoms with Gasteiger partial charge in [0, 0.05) is 56.1 Å². The van der Waals surface area contributed by atoms with Gasteiger partial charge in [0.15, 0.2) is 0 Å². The Hall–Kier alpha value is -3.37. The van der Waals surface area contributed by atoms with Crippen molar-refractivity contribution in [1.82, 2.24) is 8.87 Å². The van der Waals surface area contributed by atoms with E-state index in [2.05, 4.69) is 22.9 Å². The molecule has 1 saturated heterocycles. The van der Waals surface area contributed by atoms with Crippen molar-refractivity contribution in [2.75, 3.05) is 49.6 Å². The third-order valence-corrected chi connectivity index (χ3v) is 8.29. The lowest BCUT2D eigenvalue weighted by atomic mass is 10.2. The van der Waals surface area contributed by atoms with Crippen LogP contribution in [-0.2, 0) is 26.0 Å². The molecule has 0 atom stereocenters. The molecular formula is C25H30N4O5S. The zero-order valence-corrected chi connectivity index (χ0v) is 20.7. The van der Waals surface area contributed by atoms with Gasteiger partial charge in [0.1, 0.15) is 0 Å². The fourth-order valence-electron chi connectivity index (χ4n) is 4.78. The maximum absolute atomic E-state index is 13.6. The van der Waals surface area contributed by atoms with E-state index in [0.29, 0.717) is 18.5 Å². The molecule has 9 nitrogen and oxygen atoms in total. The van der Waals surface area contributed by atoms with Gasteiger partial charge in [-0.15, -0.1) is 0 Å². The Morgan fingerprint density at radius 2 is 1.77 bits per heavy atom. The smallest absolute Gasteiger partial charge is 0.290 e. The summed E-state index contributed by atoms with van der Waals surface area (Å²) in [5.74, 6) is -0.0250. The molecule has 3 heterocycles. The van der Waals surface area contributed by atoms with Crippen LogP contribution in [0.5, 0.6) is 0 Å². The Bertz CT molecular complexity index is 1350. The topological polar surface area (TPSA) is 103 Å². The van der Waals surface area contributed by atoms with E-state index in [9.17, 15) is 13.2 Å². The van der Waals surface area contributed by atoms with Gasteiger partial charge >= 0.3 is 0 Å². The summed E-state index contributed by atoms with van der Waals surface area (Å²) in [6.45, 7) is 5.82. The maximum Gasteiger partial charge on any atom is 0.290 e. The summed E-state index contributed by atoms with van der Waals surface area (Å²) in [7, 11) is -1.62. The van der Waals surface area contributed by atoms with Crippen LogP contribution >= 0.6 is 0 Å². The van der Waals surface area contributed by atoms with E-state index in [4.69, 9.17) is 9.90 Å². The molecule has 0 aliphatic carbocycles. The summed E-state index contributed by atoms with van der Waals surface area (Å²) in [5, 5.41) is 7.79. The molecule has 2 aromatic carbocycles. The van der Waals surface area contributed by atoms with E-state index in [0.717, 1.165) is 54.9 Å². The van der Waals surface area contributed by atoms with Crippen LogP contribution in [0.25, 0.3) is 10.9 Å². The van der Waals surface area contributed by atoms with Crippen LogP contribution in [-0.4, -0.2) is 74.5 Å². The molecule has 2 aliphatic rings. The molecule has 1 amide bonds. The number of nitrogens with zero attached hydrogens (tertiary/aromatic N) is 4. The minimum Gasteiger partial charge on any atom is -0.483 e. The largest absolute Gasteiger partial charge is 0.483 e. The molecule has 1 aromatic heterocycles. The molecule has 1 N–H and O–H groups in total. The average molecular weight is 499 g/mol. The molecule has 0 spiro atoms. The van der Waals surface area contributed by atoms with Crippen LogP contribution < -0.4 is 9.80 Å². The van der Waals surface area contributed by atoms with Crippen LogP contribution in [0, 0.1) is 0 Å². The third-order valence-electron chi connectivity index (χ3n) is 6.61. The molecule has 0 bridgehead atoms. The first-order valence-corrected chi connectivity index (χ1v) is 13.0. The lowest BCUT2D eigenvalue weighted by molar-refractivity contribution is -0.123. The first kappa shape index (κ1) is 24.7. The number of benzene rings is 2. The first-order valence-electron chi connectivity index (χ1n) is 11.6. The second-order valence-electron chi connectivity index (χ2n) is 8.82. The maximum atomic E-state index is 13.6. The average Bonchev–Trinajstić information content (AvgIpc) is 3.39. The van der Waals surface area contributed by atoms with Crippen LogP contribution in [0.1, 0.15) is 18.9 Å². The SMILES string of the molecule is CC(=O)N1CCc2cc(S(=O)(=O)n3ccc4ccc(N5CCCN(C)CC5)cc43)ccc21.O=CO. The first-order chi connectivity index (χ1) is 16.8. The fourth-order valence-corrected chi connectivity index (χ4v) is 6.18. The lowest BCUT2D eigenvalue weighted by Crippen LogP contribution is -2.28. The summed E-state index contributed by atoms with van der Waals surface area (Å²) >= 11 is 0. The fraction of sp³-hybridized carbons (Fsp3) is 0.360. The standard InChI is InChI=1S/C24H28N4O3S.CH2O2/c1-18(29)27-12-8-20-16-22(6-7-23(20)27)32(30,31)28-13-9-19-4-5-21(17-24(19)28)26-11-3-10-25(2)14-15-26;2-1-3/h4-7,9,13,16-17H,3,8,10-12,14-15H2,1-2H3;1H,(H,2,3). The highest BCUT2D eigenvalue weighted by molar-refractivity contribution is 7.90. The number of likely N-dealkylation sites (N-methyl/N-ethyl adjacent to an activating group) is 1. The third kappa shape index (κ3) is 4.89. The van der Waals surface area contributed by atoms with Crippen molar-refractivity contribution in [2.45, 2.75) is 24.7 Å². The van der Waals surface area contributed by atoms with Gasteiger partial charge in [-0.2, -0.15) is 0 Å². The monoisotopic (exact) mass is 498 g/mol. The Labute approximate surface area is 205 Å². The second kappa shape index (κ2) is 10.1. The van der Waals surface area contributed by atoms with E-state index in [-0.39, 0.29) is 17.3 Å². The highest BCUT2D eigenvalue weighted by Gasteiger charge is 2.26. The quantitative estimate of drug-likeness (QED) is 0.554. The van der Waals surface area contributed by atoms with E-state index < -0.39 is 10.0 Å². The molecule has 0 saturated carbocycles. The van der Waals surface area contributed by atoms with Crippen molar-refractivity contribution < 1.29 is 23.1 Å². The molecule has 10 heteroatoms. The number of carbonyl (C=O) groups is 2. The predicted octanol–water partition coefficient (Wildman–Crippen LogP) is 2.63. The van der Waals surface area contributed by atoms with E-state index in [1.165, 1.54) is 10.9 Å². The Morgan fingerprint density at radius 3 is 2.51 bits per heavy atom. The zero-order valence-electron chi connectivity index (χ0n) is 19.9. The van der Waals surface area contributed by atoms with Gasteiger partial charge in [0.25, 0.3) is 16.5 Å². The summed E-state index contributed by atoms with van der Waals surface area (Å²) in [5.41, 5.74) is 3.44. The highest BCUT2D eigenvalue weighted by atomic mass is 32.2. The number of amides is 1. The van der Waals surface area contributed by atoms with Crippen molar-refractivity contribution in [3.05, 3.63) is 54.2 Å². The molecule has 0 radical (unpaired) electrons. The normalized spacial score (nSPS) is 16.4. The van der Waals surface area contributed by atoms with Crippen molar-refractivity contribution in [3.8, 4) is 0 Å². The Kier molecular flexibility index (Phi) is 7.13. The summed E-state index contributed by atoms with van der Waals surface area (Å²) < 4.78 is 28.5. The van der Waals surface area contributed by atoms with E-state index in [1.807, 2.05) is 18.2 Å². The van der Waals surface area contributed by atoms with Crippen molar-refractivity contribution in [1.29, 1.82) is 0 Å². The number of carbonyl (C=O) groups excluding carboxylic acids is 1. The molecule has 186 valence electrons. The van der Waals surface area contributed by atoms with Crippen LogP contribution in [0.3, 0.4) is 0 Å². The highest BCUT2D eigenvalue weighted by Crippen LogP contribution is 2.32. The molecule has 1 fully saturated rings. The minimum absolute atomic E-state index is 0.0250. The number of carboxylic acid groups (broad SMARTS) is 1. The van der Waals surface area contributed by atoms with Gasteiger partial charge in [-0.25, -0.2) is 12.4 Å². The van der Waals surface area contributed by atoms with Gasteiger partial charge in [0.05, 0.1) is 10.4 Å². The molecule has 2 aliphatic heterocycles. The van der Waals surface area contributed by atoms with Gasteiger partial charge in [-0.05, 0) is 68.4 Å². The molecule has 35 heavy (non-hydrogen) atoms. The minimum atomic E-state index is -3.76. The Morgan fingerprint density at radius 1 is 1.00 bits per heavy atom. The number of fused-ring (bicyclic) bond motifs is 2. The number of rotatable bonds is 3. The van der Waals surface area contributed by atoms with Crippen molar-refractivity contribution in [2.24, 2.45) is 0 Å². The summed E-state index contributed by atoms with van der Waals surface area (Å²) in [6.07, 6.45) is 3.38. The summed E-state index contributed by atoms with van der Waals surface area (Å²) in [4.78, 5) is 26.8. The van der Waals surface area contributed by atoms with Gasteiger partial charge in [0.2, 0.25) is 5.91 Å². The zero-order chi connectivity index (χ0) is 25.2.